The molecular formula is C22H26N4OS. The number of likely N-dealkylation sites (tertiary alicyclic amines) is 1. The smallest absolute Gasteiger partial charge is 0.236 e. The lowest BCUT2D eigenvalue weighted by molar-refractivity contribution is -0.134. The molecule has 1 amide bonds. The monoisotopic (exact) mass is 394 g/mol. The third-order valence-electron chi connectivity index (χ3n) is 6.31. The van der Waals surface area contributed by atoms with Gasteiger partial charge in [-0.15, -0.1) is 11.3 Å². The van der Waals surface area contributed by atoms with Crippen molar-refractivity contribution in [1.29, 1.82) is 0 Å². The Balaban J connectivity index is 1.19. The van der Waals surface area contributed by atoms with Crippen LogP contribution in [-0.2, 0) is 11.3 Å². The predicted octanol–water partition coefficient (Wildman–Crippen LogP) is 3.88. The maximum Gasteiger partial charge on any atom is 0.236 e. The summed E-state index contributed by atoms with van der Waals surface area (Å²) in [6.45, 7) is 6.34. The number of carbonyl (C=O) groups is 1. The zero-order valence-corrected chi connectivity index (χ0v) is 17.1. The molecule has 1 saturated heterocycles. The van der Waals surface area contributed by atoms with Gasteiger partial charge in [0.15, 0.2) is 0 Å². The Bertz CT molecular complexity index is 952. The quantitative estimate of drug-likeness (QED) is 0.677. The van der Waals surface area contributed by atoms with E-state index in [4.69, 9.17) is 4.98 Å². The number of piperidine rings is 1. The summed E-state index contributed by atoms with van der Waals surface area (Å²) in [6, 6.07) is 12.9. The Kier molecular flexibility index (Phi) is 4.69. The van der Waals surface area contributed by atoms with Crippen LogP contribution in [0.3, 0.4) is 0 Å². The Labute approximate surface area is 169 Å². The van der Waals surface area contributed by atoms with Crippen LogP contribution in [0.25, 0.3) is 10.2 Å². The van der Waals surface area contributed by atoms with Crippen molar-refractivity contribution in [2.75, 3.05) is 26.2 Å². The van der Waals surface area contributed by atoms with Crippen molar-refractivity contribution in [2.45, 2.75) is 38.3 Å². The maximum atomic E-state index is 12.9. The minimum atomic E-state index is 0.273. The molecule has 5 nitrogen and oxygen atoms in total. The van der Waals surface area contributed by atoms with Crippen molar-refractivity contribution < 1.29 is 4.79 Å². The number of para-hydroxylation sites is 1. The molecule has 2 aliphatic heterocycles. The zero-order chi connectivity index (χ0) is 19.1. The third-order valence-corrected chi connectivity index (χ3v) is 7.51. The third kappa shape index (κ3) is 3.25. The lowest BCUT2D eigenvalue weighted by Gasteiger charge is -2.37. The van der Waals surface area contributed by atoms with Gasteiger partial charge in [-0.05, 0) is 44.0 Å². The molecule has 1 atom stereocenters. The second kappa shape index (κ2) is 7.33. The van der Waals surface area contributed by atoms with Crippen molar-refractivity contribution in [3.8, 4) is 0 Å². The van der Waals surface area contributed by atoms with E-state index in [0.29, 0.717) is 18.5 Å². The first-order valence-electron chi connectivity index (χ1n) is 10.2. The Morgan fingerprint density at radius 1 is 1.11 bits per heavy atom. The normalized spacial score (nSPS) is 21.2. The summed E-state index contributed by atoms with van der Waals surface area (Å²) in [6.07, 6.45) is 4.17. The molecule has 0 radical (unpaired) electrons. The number of carbonyl (C=O) groups excluding carboxylic acids is 1. The minimum absolute atomic E-state index is 0.273. The highest BCUT2D eigenvalue weighted by molar-refractivity contribution is 7.18. The lowest BCUT2D eigenvalue weighted by atomic mass is 9.97. The molecule has 0 saturated carbocycles. The average Bonchev–Trinajstić information content (AvgIpc) is 3.37. The topological polar surface area (TPSA) is 41.4 Å². The minimum Gasteiger partial charge on any atom is -0.349 e. The molecular weight excluding hydrogens is 368 g/mol. The molecule has 2 aromatic heterocycles. The lowest BCUT2D eigenvalue weighted by Crippen LogP contribution is -2.46. The van der Waals surface area contributed by atoms with E-state index in [1.807, 2.05) is 17.4 Å². The number of hydrogen-bond acceptors (Lipinski definition) is 4. The number of nitrogens with zero attached hydrogens (tertiary/aromatic N) is 4. The van der Waals surface area contributed by atoms with Crippen LogP contribution >= 0.6 is 11.3 Å². The van der Waals surface area contributed by atoms with Gasteiger partial charge in [0.1, 0.15) is 0 Å². The number of fused-ring (bicyclic) bond motifs is 2. The Morgan fingerprint density at radius 2 is 1.93 bits per heavy atom. The molecule has 2 aliphatic rings. The van der Waals surface area contributed by atoms with Crippen molar-refractivity contribution in [2.24, 2.45) is 0 Å². The molecule has 4 heterocycles. The Hall–Kier alpha value is -2.18. The average molecular weight is 395 g/mol. The summed E-state index contributed by atoms with van der Waals surface area (Å²) < 4.78 is 3.56. The van der Waals surface area contributed by atoms with Crippen molar-refractivity contribution in [3.63, 3.8) is 0 Å². The molecule has 0 bridgehead atoms. The molecule has 1 aromatic carbocycles. The Morgan fingerprint density at radius 3 is 2.75 bits per heavy atom. The zero-order valence-electron chi connectivity index (χ0n) is 16.3. The second-order valence-electron chi connectivity index (χ2n) is 7.95. The van der Waals surface area contributed by atoms with Gasteiger partial charge in [0.2, 0.25) is 5.91 Å². The highest BCUT2D eigenvalue weighted by atomic mass is 32.1. The van der Waals surface area contributed by atoms with Crippen LogP contribution in [0.4, 0.5) is 0 Å². The van der Waals surface area contributed by atoms with Gasteiger partial charge in [-0.1, -0.05) is 12.1 Å². The van der Waals surface area contributed by atoms with Gasteiger partial charge >= 0.3 is 0 Å². The summed E-state index contributed by atoms with van der Waals surface area (Å²) >= 11 is 1.81. The van der Waals surface area contributed by atoms with E-state index in [-0.39, 0.29) is 5.91 Å². The van der Waals surface area contributed by atoms with E-state index < -0.39 is 0 Å². The van der Waals surface area contributed by atoms with Crippen LogP contribution in [0, 0.1) is 0 Å². The predicted molar refractivity (Wildman–Crippen MR) is 113 cm³/mol. The van der Waals surface area contributed by atoms with Gasteiger partial charge in [-0.3, -0.25) is 9.69 Å². The van der Waals surface area contributed by atoms with E-state index in [0.717, 1.165) is 44.5 Å². The molecule has 5 rings (SSSR count). The van der Waals surface area contributed by atoms with Crippen molar-refractivity contribution in [1.82, 2.24) is 19.4 Å². The van der Waals surface area contributed by atoms with E-state index in [1.165, 1.54) is 15.4 Å². The van der Waals surface area contributed by atoms with E-state index >= 15 is 0 Å². The fourth-order valence-electron chi connectivity index (χ4n) is 4.56. The van der Waals surface area contributed by atoms with Gasteiger partial charge in [0.05, 0.1) is 21.8 Å². The molecule has 0 unspecified atom stereocenters. The highest BCUT2D eigenvalue weighted by Crippen LogP contribution is 2.34. The number of aromatic nitrogens is 2. The molecule has 6 heteroatoms. The van der Waals surface area contributed by atoms with Crippen molar-refractivity contribution >= 4 is 27.5 Å². The summed E-state index contributed by atoms with van der Waals surface area (Å²) in [7, 11) is 0. The van der Waals surface area contributed by atoms with E-state index in [1.54, 1.807) is 0 Å². The fourth-order valence-corrected chi connectivity index (χ4v) is 5.69. The van der Waals surface area contributed by atoms with Gasteiger partial charge in [-0.25, -0.2) is 4.98 Å². The molecule has 0 aliphatic carbocycles. The molecule has 3 aromatic rings. The molecule has 28 heavy (non-hydrogen) atoms. The van der Waals surface area contributed by atoms with Gasteiger partial charge in [-0.2, -0.15) is 0 Å². The van der Waals surface area contributed by atoms with Gasteiger partial charge < -0.3 is 9.47 Å². The number of hydrogen-bond donors (Lipinski definition) is 0. The standard InChI is InChI=1S/C22H26N4OS/c1-16-19-6-4-10-24(19)13-14-26(16)15-21(27)25-11-8-17(9-12-25)22-23-18-5-2-3-7-20(18)28-22/h2-7,10,16-17H,8-9,11-15H2,1H3/t16-/m1/s1. The van der Waals surface area contributed by atoms with E-state index in [9.17, 15) is 4.79 Å². The molecule has 146 valence electrons. The summed E-state index contributed by atoms with van der Waals surface area (Å²) in [5, 5.41) is 1.23. The van der Waals surface area contributed by atoms with Crippen molar-refractivity contribution in [3.05, 3.63) is 53.3 Å². The second-order valence-corrected chi connectivity index (χ2v) is 9.01. The first-order chi connectivity index (χ1) is 13.7. The largest absolute Gasteiger partial charge is 0.349 e. The van der Waals surface area contributed by atoms with Crippen LogP contribution in [0.5, 0.6) is 0 Å². The number of amides is 1. The van der Waals surface area contributed by atoms with Crippen LogP contribution in [0.1, 0.15) is 42.4 Å². The fraction of sp³-hybridized carbons (Fsp3) is 0.455. The molecule has 1 fully saturated rings. The number of thiazole rings is 1. The first-order valence-corrected chi connectivity index (χ1v) is 11.0. The summed E-state index contributed by atoms with van der Waals surface area (Å²) in [5.41, 5.74) is 2.42. The van der Waals surface area contributed by atoms with Crippen LogP contribution in [0.2, 0.25) is 0 Å². The molecule has 0 spiro atoms. The van der Waals surface area contributed by atoms with Crippen LogP contribution in [0.15, 0.2) is 42.6 Å². The first kappa shape index (κ1) is 17.9. The highest BCUT2D eigenvalue weighted by Gasteiger charge is 2.29. The van der Waals surface area contributed by atoms with Crippen LogP contribution < -0.4 is 0 Å². The number of rotatable bonds is 3. The van der Waals surface area contributed by atoms with Crippen LogP contribution in [-0.4, -0.2) is 51.4 Å². The summed E-state index contributed by atoms with van der Waals surface area (Å²) in [5.74, 6) is 0.758. The van der Waals surface area contributed by atoms with Gasteiger partial charge in [0, 0.05) is 50.0 Å². The SMILES string of the molecule is C[C@@H]1c2cccn2CCN1CC(=O)N1CCC(c2nc3ccccc3s2)CC1. The maximum absolute atomic E-state index is 12.9. The summed E-state index contributed by atoms with van der Waals surface area (Å²) in [4.78, 5) is 22.1. The van der Waals surface area contributed by atoms with Gasteiger partial charge in [0.25, 0.3) is 0 Å². The molecule has 0 N–H and O–H groups in total. The number of benzene rings is 1. The van der Waals surface area contributed by atoms with E-state index in [2.05, 4.69) is 57.8 Å².